The Morgan fingerprint density at radius 2 is 1.79 bits per heavy atom. The first kappa shape index (κ1) is 21.1. The molecule has 0 radical (unpaired) electrons. The smallest absolute Gasteiger partial charge is 0.261 e. The third kappa shape index (κ3) is 6.48. The van der Waals surface area contributed by atoms with E-state index in [9.17, 15) is 4.79 Å². The molecule has 1 N–H and O–H groups in total. The van der Waals surface area contributed by atoms with Crippen LogP contribution in [0.4, 0.5) is 0 Å². The molecular formula is C23H30N2O4. The van der Waals surface area contributed by atoms with Gasteiger partial charge in [-0.3, -0.25) is 9.69 Å². The van der Waals surface area contributed by atoms with Gasteiger partial charge < -0.3 is 19.5 Å². The summed E-state index contributed by atoms with van der Waals surface area (Å²) in [4.78, 5) is 15.0. The number of nitrogens with one attached hydrogen (secondary N) is 1. The summed E-state index contributed by atoms with van der Waals surface area (Å²) in [6.45, 7) is 6.84. The summed E-state index contributed by atoms with van der Waals surface area (Å²) in [5, 5.41) is 3.00. The molecular weight excluding hydrogens is 368 g/mol. The zero-order valence-corrected chi connectivity index (χ0v) is 17.2. The maximum atomic E-state index is 12.6. The Morgan fingerprint density at radius 1 is 1.10 bits per heavy atom. The van der Waals surface area contributed by atoms with Gasteiger partial charge in [-0.25, -0.2) is 0 Å². The SMILES string of the molecule is CC[C@@H](Oc1ccc(OC)cc1)C(=O)NCc1cccc(CN2CCOCC2)c1. The Hall–Kier alpha value is -2.57. The van der Waals surface area contributed by atoms with Crippen molar-refractivity contribution in [2.75, 3.05) is 33.4 Å². The van der Waals surface area contributed by atoms with Crippen LogP contribution in [0, 0.1) is 0 Å². The van der Waals surface area contributed by atoms with Crippen LogP contribution in [0.2, 0.25) is 0 Å². The molecule has 1 amide bonds. The lowest BCUT2D eigenvalue weighted by atomic mass is 10.1. The van der Waals surface area contributed by atoms with Crippen molar-refractivity contribution in [2.24, 2.45) is 0 Å². The molecule has 0 aromatic heterocycles. The molecule has 29 heavy (non-hydrogen) atoms. The molecule has 1 aliphatic heterocycles. The van der Waals surface area contributed by atoms with E-state index in [1.54, 1.807) is 7.11 Å². The van der Waals surface area contributed by atoms with Crippen LogP contribution in [0.5, 0.6) is 11.5 Å². The lowest BCUT2D eigenvalue weighted by Crippen LogP contribution is -2.37. The summed E-state index contributed by atoms with van der Waals surface area (Å²) in [7, 11) is 1.62. The Morgan fingerprint density at radius 3 is 2.48 bits per heavy atom. The van der Waals surface area contributed by atoms with Crippen LogP contribution >= 0.6 is 0 Å². The van der Waals surface area contributed by atoms with Crippen LogP contribution in [0.1, 0.15) is 24.5 Å². The van der Waals surface area contributed by atoms with Gasteiger partial charge in [0.05, 0.1) is 20.3 Å². The summed E-state index contributed by atoms with van der Waals surface area (Å²) in [5.41, 5.74) is 2.34. The molecule has 1 aliphatic rings. The van der Waals surface area contributed by atoms with Crippen molar-refractivity contribution in [3.8, 4) is 11.5 Å². The van der Waals surface area contributed by atoms with Crippen molar-refractivity contribution < 1.29 is 19.0 Å². The summed E-state index contributed by atoms with van der Waals surface area (Å²) in [6, 6.07) is 15.6. The average Bonchev–Trinajstić information content (AvgIpc) is 2.77. The minimum absolute atomic E-state index is 0.109. The molecule has 1 fully saturated rings. The monoisotopic (exact) mass is 398 g/mol. The van der Waals surface area contributed by atoms with E-state index in [2.05, 4.69) is 22.3 Å². The third-order valence-electron chi connectivity index (χ3n) is 4.97. The van der Waals surface area contributed by atoms with Gasteiger partial charge in [0.15, 0.2) is 6.10 Å². The number of morpholine rings is 1. The molecule has 1 saturated heterocycles. The van der Waals surface area contributed by atoms with Gasteiger partial charge in [0.2, 0.25) is 0 Å². The molecule has 2 aromatic carbocycles. The predicted octanol–water partition coefficient (Wildman–Crippen LogP) is 3.00. The molecule has 6 heteroatoms. The van der Waals surface area contributed by atoms with E-state index in [1.807, 2.05) is 43.3 Å². The van der Waals surface area contributed by atoms with E-state index < -0.39 is 6.10 Å². The molecule has 0 aliphatic carbocycles. The van der Waals surface area contributed by atoms with Crippen LogP contribution in [-0.2, 0) is 22.6 Å². The average molecular weight is 399 g/mol. The molecule has 0 spiro atoms. The normalized spacial score (nSPS) is 15.5. The topological polar surface area (TPSA) is 60.0 Å². The first-order valence-electron chi connectivity index (χ1n) is 10.1. The van der Waals surface area contributed by atoms with Gasteiger partial charge in [0.1, 0.15) is 11.5 Å². The Balaban J connectivity index is 1.52. The highest BCUT2D eigenvalue weighted by Crippen LogP contribution is 2.19. The van der Waals surface area contributed by atoms with Crippen molar-refractivity contribution in [1.82, 2.24) is 10.2 Å². The van der Waals surface area contributed by atoms with Gasteiger partial charge in [-0.2, -0.15) is 0 Å². The number of ether oxygens (including phenoxy) is 3. The number of carbonyl (C=O) groups is 1. The molecule has 156 valence electrons. The zero-order chi connectivity index (χ0) is 20.5. The minimum atomic E-state index is -0.528. The molecule has 1 heterocycles. The second-order valence-corrected chi connectivity index (χ2v) is 7.12. The first-order valence-corrected chi connectivity index (χ1v) is 10.1. The standard InChI is InChI=1S/C23H30N2O4/c1-3-22(29-21-9-7-20(27-2)8-10-21)23(26)24-16-18-5-4-6-19(15-18)17-25-11-13-28-14-12-25/h4-10,15,22H,3,11-14,16-17H2,1-2H3,(H,24,26)/t22-/m1/s1. The van der Waals surface area contributed by atoms with Crippen molar-refractivity contribution >= 4 is 5.91 Å². The summed E-state index contributed by atoms with van der Waals surface area (Å²) >= 11 is 0. The highest BCUT2D eigenvalue weighted by Gasteiger charge is 2.18. The van der Waals surface area contributed by atoms with Gasteiger partial charge in [-0.15, -0.1) is 0 Å². The number of carbonyl (C=O) groups excluding carboxylic acids is 1. The van der Waals surface area contributed by atoms with Gasteiger partial charge in [0.25, 0.3) is 5.91 Å². The second-order valence-electron chi connectivity index (χ2n) is 7.12. The van der Waals surface area contributed by atoms with Crippen LogP contribution < -0.4 is 14.8 Å². The minimum Gasteiger partial charge on any atom is -0.497 e. The van der Waals surface area contributed by atoms with E-state index in [0.29, 0.717) is 18.7 Å². The van der Waals surface area contributed by atoms with Gasteiger partial charge in [0, 0.05) is 26.2 Å². The lowest BCUT2D eigenvalue weighted by Gasteiger charge is -2.26. The number of rotatable bonds is 9. The van der Waals surface area contributed by atoms with Crippen molar-refractivity contribution in [3.63, 3.8) is 0 Å². The number of hydrogen-bond donors (Lipinski definition) is 1. The predicted molar refractivity (Wildman–Crippen MR) is 112 cm³/mol. The van der Waals surface area contributed by atoms with E-state index >= 15 is 0 Å². The number of benzene rings is 2. The van der Waals surface area contributed by atoms with Crippen molar-refractivity contribution in [3.05, 3.63) is 59.7 Å². The second kappa shape index (κ2) is 10.8. The van der Waals surface area contributed by atoms with E-state index in [1.165, 1.54) is 5.56 Å². The lowest BCUT2D eigenvalue weighted by molar-refractivity contribution is -0.128. The molecule has 0 bridgehead atoms. The Labute approximate surface area is 172 Å². The summed E-state index contributed by atoms with van der Waals surface area (Å²) < 4.78 is 16.4. The van der Waals surface area contributed by atoms with E-state index in [0.717, 1.165) is 44.2 Å². The zero-order valence-electron chi connectivity index (χ0n) is 17.2. The molecule has 6 nitrogen and oxygen atoms in total. The van der Waals surface area contributed by atoms with Crippen molar-refractivity contribution in [2.45, 2.75) is 32.5 Å². The largest absolute Gasteiger partial charge is 0.497 e. The van der Waals surface area contributed by atoms with Gasteiger partial charge in [-0.1, -0.05) is 31.2 Å². The first-order chi connectivity index (χ1) is 14.2. The highest BCUT2D eigenvalue weighted by molar-refractivity contribution is 5.81. The Kier molecular flexibility index (Phi) is 7.90. The van der Waals surface area contributed by atoms with E-state index in [4.69, 9.17) is 14.2 Å². The fraction of sp³-hybridized carbons (Fsp3) is 0.435. The maximum absolute atomic E-state index is 12.6. The summed E-state index contributed by atoms with van der Waals surface area (Å²) in [6.07, 6.45) is 0.0644. The highest BCUT2D eigenvalue weighted by atomic mass is 16.5. The molecule has 3 rings (SSSR count). The molecule has 0 saturated carbocycles. The molecule has 0 unspecified atom stereocenters. The molecule has 1 atom stereocenters. The van der Waals surface area contributed by atoms with Crippen molar-refractivity contribution in [1.29, 1.82) is 0 Å². The fourth-order valence-electron chi connectivity index (χ4n) is 3.30. The van der Waals surface area contributed by atoms with Gasteiger partial charge >= 0.3 is 0 Å². The molecule has 2 aromatic rings. The third-order valence-corrected chi connectivity index (χ3v) is 4.97. The summed E-state index contributed by atoms with van der Waals surface area (Å²) in [5.74, 6) is 1.30. The maximum Gasteiger partial charge on any atom is 0.261 e. The number of nitrogens with zero attached hydrogens (tertiary/aromatic N) is 1. The fourth-order valence-corrected chi connectivity index (χ4v) is 3.30. The quantitative estimate of drug-likeness (QED) is 0.704. The number of hydrogen-bond acceptors (Lipinski definition) is 5. The van der Waals surface area contributed by atoms with E-state index in [-0.39, 0.29) is 5.91 Å². The van der Waals surface area contributed by atoms with Crippen LogP contribution in [0.3, 0.4) is 0 Å². The van der Waals surface area contributed by atoms with Crippen LogP contribution in [0.15, 0.2) is 48.5 Å². The Bertz CT molecular complexity index is 773. The number of methoxy groups -OCH3 is 1. The number of amides is 1. The van der Waals surface area contributed by atoms with Gasteiger partial charge in [-0.05, 0) is 41.8 Å². The van der Waals surface area contributed by atoms with Crippen LogP contribution in [-0.4, -0.2) is 50.3 Å². The van der Waals surface area contributed by atoms with Crippen LogP contribution in [0.25, 0.3) is 0 Å².